The predicted molar refractivity (Wildman–Crippen MR) is 63.1 cm³/mol. The van der Waals surface area contributed by atoms with Crippen LogP contribution in [0.1, 0.15) is 44.9 Å². The zero-order valence-corrected chi connectivity index (χ0v) is 10.0. The fourth-order valence-electron chi connectivity index (χ4n) is 2.77. The number of nitrogens with one attached hydrogen (secondary N) is 1. The minimum Gasteiger partial charge on any atom is -0.465 e. The Bertz CT molecular complexity index is 218. The van der Waals surface area contributed by atoms with E-state index in [0.29, 0.717) is 24.9 Å². The molecule has 0 radical (unpaired) electrons. The standard InChI is InChI=1S/C13H23NO2/c15-13(9-11-5-7-14-8-6-11)16-10-12-3-1-2-4-12/h11-12,14H,1-10H2. The quantitative estimate of drug-likeness (QED) is 0.745. The molecule has 3 nitrogen and oxygen atoms in total. The third kappa shape index (κ3) is 3.78. The van der Waals surface area contributed by atoms with Crippen LogP contribution >= 0.6 is 0 Å². The molecule has 1 heterocycles. The lowest BCUT2D eigenvalue weighted by molar-refractivity contribution is -0.146. The summed E-state index contributed by atoms with van der Waals surface area (Å²) in [6.07, 6.45) is 8.01. The smallest absolute Gasteiger partial charge is 0.306 e. The molecule has 1 aliphatic carbocycles. The van der Waals surface area contributed by atoms with Crippen LogP contribution in [0, 0.1) is 11.8 Å². The van der Waals surface area contributed by atoms with Crippen molar-refractivity contribution in [2.75, 3.05) is 19.7 Å². The number of carbonyl (C=O) groups excluding carboxylic acids is 1. The predicted octanol–water partition coefficient (Wildman–Crippen LogP) is 2.11. The van der Waals surface area contributed by atoms with Crippen LogP contribution in [0.5, 0.6) is 0 Å². The summed E-state index contributed by atoms with van der Waals surface area (Å²) in [5.74, 6) is 1.23. The van der Waals surface area contributed by atoms with Crippen LogP contribution in [0.3, 0.4) is 0 Å². The maximum absolute atomic E-state index is 11.6. The third-order valence-corrected chi connectivity index (χ3v) is 3.87. The van der Waals surface area contributed by atoms with E-state index in [1.54, 1.807) is 0 Å². The van der Waals surface area contributed by atoms with Crippen LogP contribution in [0.25, 0.3) is 0 Å². The molecule has 1 aliphatic heterocycles. The maximum atomic E-state index is 11.6. The van der Waals surface area contributed by atoms with Gasteiger partial charge in [-0.15, -0.1) is 0 Å². The van der Waals surface area contributed by atoms with Gasteiger partial charge in [-0.3, -0.25) is 4.79 Å². The van der Waals surface area contributed by atoms with E-state index in [4.69, 9.17) is 4.74 Å². The van der Waals surface area contributed by atoms with Crippen LogP contribution in [0.15, 0.2) is 0 Å². The van der Waals surface area contributed by atoms with Crippen molar-refractivity contribution in [3.05, 3.63) is 0 Å². The SMILES string of the molecule is O=C(CC1CCNCC1)OCC1CCCC1. The third-order valence-electron chi connectivity index (χ3n) is 3.87. The molecule has 0 bridgehead atoms. The highest BCUT2D eigenvalue weighted by atomic mass is 16.5. The minimum absolute atomic E-state index is 0.0267. The molecule has 0 aromatic rings. The Hall–Kier alpha value is -0.570. The average molecular weight is 225 g/mol. The minimum atomic E-state index is 0.0267. The van der Waals surface area contributed by atoms with Crippen LogP contribution in [-0.2, 0) is 9.53 Å². The van der Waals surface area contributed by atoms with Gasteiger partial charge in [-0.25, -0.2) is 0 Å². The van der Waals surface area contributed by atoms with Crippen molar-refractivity contribution < 1.29 is 9.53 Å². The second-order valence-electron chi connectivity index (χ2n) is 5.23. The lowest BCUT2D eigenvalue weighted by atomic mass is 9.95. The number of piperidine rings is 1. The van der Waals surface area contributed by atoms with Gasteiger partial charge in [-0.1, -0.05) is 12.8 Å². The van der Waals surface area contributed by atoms with E-state index in [2.05, 4.69) is 5.32 Å². The number of hydrogen-bond donors (Lipinski definition) is 1. The van der Waals surface area contributed by atoms with Crippen molar-refractivity contribution in [1.82, 2.24) is 5.32 Å². The Morgan fingerprint density at radius 1 is 1.06 bits per heavy atom. The Morgan fingerprint density at radius 2 is 1.75 bits per heavy atom. The van der Waals surface area contributed by atoms with Crippen molar-refractivity contribution in [1.29, 1.82) is 0 Å². The van der Waals surface area contributed by atoms with E-state index in [1.165, 1.54) is 25.7 Å². The summed E-state index contributed by atoms with van der Waals surface area (Å²) in [6.45, 7) is 2.78. The summed E-state index contributed by atoms with van der Waals surface area (Å²) >= 11 is 0. The highest BCUT2D eigenvalue weighted by Gasteiger charge is 2.20. The fourth-order valence-corrected chi connectivity index (χ4v) is 2.77. The molecule has 0 unspecified atom stereocenters. The van der Waals surface area contributed by atoms with Crippen molar-refractivity contribution in [2.45, 2.75) is 44.9 Å². The summed E-state index contributed by atoms with van der Waals surface area (Å²) in [4.78, 5) is 11.6. The number of ether oxygens (including phenoxy) is 1. The van der Waals surface area contributed by atoms with Crippen LogP contribution < -0.4 is 5.32 Å². The van der Waals surface area contributed by atoms with Gasteiger partial charge < -0.3 is 10.1 Å². The molecule has 2 aliphatic rings. The molecule has 0 aromatic heterocycles. The van der Waals surface area contributed by atoms with Gasteiger partial charge in [-0.05, 0) is 50.6 Å². The summed E-state index contributed by atoms with van der Waals surface area (Å²) < 4.78 is 5.37. The molecule has 0 spiro atoms. The Balaban J connectivity index is 1.59. The molecule has 16 heavy (non-hydrogen) atoms. The summed E-state index contributed by atoms with van der Waals surface area (Å²) in [7, 11) is 0. The first-order chi connectivity index (χ1) is 7.84. The first-order valence-electron chi connectivity index (χ1n) is 6.71. The van der Waals surface area contributed by atoms with Crippen molar-refractivity contribution in [3.8, 4) is 0 Å². The number of carbonyl (C=O) groups is 1. The van der Waals surface area contributed by atoms with Gasteiger partial charge in [0.25, 0.3) is 0 Å². The fraction of sp³-hybridized carbons (Fsp3) is 0.923. The van der Waals surface area contributed by atoms with Gasteiger partial charge in [0.2, 0.25) is 0 Å². The van der Waals surface area contributed by atoms with Gasteiger partial charge in [0.15, 0.2) is 0 Å². The van der Waals surface area contributed by atoms with E-state index < -0.39 is 0 Å². The highest BCUT2D eigenvalue weighted by Crippen LogP contribution is 2.25. The maximum Gasteiger partial charge on any atom is 0.306 e. The molecule has 0 atom stereocenters. The molecule has 0 aromatic carbocycles. The molecule has 1 saturated heterocycles. The summed E-state index contributed by atoms with van der Waals surface area (Å²) in [6, 6.07) is 0. The second-order valence-corrected chi connectivity index (χ2v) is 5.23. The molecule has 2 rings (SSSR count). The first-order valence-corrected chi connectivity index (χ1v) is 6.71. The monoisotopic (exact) mass is 225 g/mol. The van der Waals surface area contributed by atoms with E-state index in [-0.39, 0.29) is 5.97 Å². The number of esters is 1. The Kier molecular flexibility index (Phi) is 4.64. The zero-order chi connectivity index (χ0) is 11.2. The highest BCUT2D eigenvalue weighted by molar-refractivity contribution is 5.69. The van der Waals surface area contributed by atoms with Gasteiger partial charge >= 0.3 is 5.97 Å². The lowest BCUT2D eigenvalue weighted by Crippen LogP contribution is -2.29. The van der Waals surface area contributed by atoms with E-state index in [1.807, 2.05) is 0 Å². The zero-order valence-electron chi connectivity index (χ0n) is 10.0. The van der Waals surface area contributed by atoms with Gasteiger partial charge in [-0.2, -0.15) is 0 Å². The molecule has 3 heteroatoms. The molecule has 2 fully saturated rings. The van der Waals surface area contributed by atoms with E-state index in [9.17, 15) is 4.79 Å². The van der Waals surface area contributed by atoms with E-state index in [0.717, 1.165) is 25.9 Å². The van der Waals surface area contributed by atoms with Crippen molar-refractivity contribution in [2.24, 2.45) is 11.8 Å². The average Bonchev–Trinajstić information content (AvgIpc) is 2.81. The largest absolute Gasteiger partial charge is 0.465 e. The van der Waals surface area contributed by atoms with Crippen LogP contribution in [0.4, 0.5) is 0 Å². The summed E-state index contributed by atoms with van der Waals surface area (Å²) in [5.41, 5.74) is 0. The lowest BCUT2D eigenvalue weighted by Gasteiger charge is -2.21. The molecule has 92 valence electrons. The first kappa shape index (κ1) is 11.9. The number of hydrogen-bond acceptors (Lipinski definition) is 3. The van der Waals surface area contributed by atoms with E-state index >= 15 is 0 Å². The van der Waals surface area contributed by atoms with Crippen molar-refractivity contribution >= 4 is 5.97 Å². The second kappa shape index (κ2) is 6.24. The normalized spacial score (nSPS) is 23.5. The molecular formula is C13H23NO2. The number of rotatable bonds is 4. The van der Waals surface area contributed by atoms with Gasteiger partial charge in [0, 0.05) is 6.42 Å². The molecule has 0 amide bonds. The topological polar surface area (TPSA) is 38.3 Å². The molecular weight excluding hydrogens is 202 g/mol. The van der Waals surface area contributed by atoms with Crippen molar-refractivity contribution in [3.63, 3.8) is 0 Å². The Labute approximate surface area is 97.9 Å². The Morgan fingerprint density at radius 3 is 2.44 bits per heavy atom. The summed E-state index contributed by atoms with van der Waals surface area (Å²) in [5, 5.41) is 3.31. The van der Waals surface area contributed by atoms with Gasteiger partial charge in [0.1, 0.15) is 0 Å². The molecule has 1 N–H and O–H groups in total. The van der Waals surface area contributed by atoms with Crippen LogP contribution in [-0.4, -0.2) is 25.7 Å². The van der Waals surface area contributed by atoms with Crippen LogP contribution in [0.2, 0.25) is 0 Å². The van der Waals surface area contributed by atoms with Gasteiger partial charge in [0.05, 0.1) is 6.61 Å². The molecule has 1 saturated carbocycles.